The molecule has 0 aromatic heterocycles. The molecule has 1 unspecified atom stereocenters. The second kappa shape index (κ2) is 4.20. The molecule has 0 fully saturated rings. The van der Waals surface area contributed by atoms with Gasteiger partial charge in [0.05, 0.1) is 12.1 Å². The summed E-state index contributed by atoms with van der Waals surface area (Å²) in [5, 5.41) is 20.9. The molecule has 1 heterocycles. The van der Waals surface area contributed by atoms with Gasteiger partial charge in [-0.05, 0) is 12.1 Å². The topological polar surface area (TPSA) is 65.3 Å². The highest BCUT2D eigenvalue weighted by Crippen LogP contribution is 2.34. The third-order valence-corrected chi connectivity index (χ3v) is 2.41. The fraction of sp³-hybridized carbons (Fsp3) is 0.364. The summed E-state index contributed by atoms with van der Waals surface area (Å²) in [6, 6.07) is 7.32. The molecule has 2 N–H and O–H groups in total. The fourth-order valence-corrected chi connectivity index (χ4v) is 1.67. The minimum atomic E-state index is 0.133. The van der Waals surface area contributed by atoms with Gasteiger partial charge in [0.1, 0.15) is 18.1 Å². The number of ether oxygens (including phenoxy) is 1. The van der Waals surface area contributed by atoms with E-state index in [0.29, 0.717) is 19.6 Å². The van der Waals surface area contributed by atoms with Crippen LogP contribution >= 0.6 is 0 Å². The number of nitrogens with one attached hydrogen (secondary N) is 1. The van der Waals surface area contributed by atoms with Gasteiger partial charge in [0.15, 0.2) is 0 Å². The molecule has 0 saturated heterocycles. The van der Waals surface area contributed by atoms with Gasteiger partial charge in [-0.15, -0.1) is 0 Å². The van der Waals surface area contributed by atoms with Crippen molar-refractivity contribution in [3.05, 3.63) is 23.8 Å². The Bertz CT molecular complexity index is 398. The molecule has 15 heavy (non-hydrogen) atoms. The Morgan fingerprint density at radius 2 is 2.47 bits per heavy atom. The lowest BCUT2D eigenvalue weighted by molar-refractivity contribution is 0.311. The average Bonchev–Trinajstić information content (AvgIpc) is 2.61. The van der Waals surface area contributed by atoms with E-state index >= 15 is 0 Å². The van der Waals surface area contributed by atoms with E-state index < -0.39 is 0 Å². The van der Waals surface area contributed by atoms with E-state index in [1.807, 2.05) is 6.07 Å². The van der Waals surface area contributed by atoms with Gasteiger partial charge in [0.25, 0.3) is 0 Å². The van der Waals surface area contributed by atoms with Crippen LogP contribution < -0.4 is 10.1 Å². The van der Waals surface area contributed by atoms with E-state index in [2.05, 4.69) is 11.4 Å². The highest BCUT2D eigenvalue weighted by molar-refractivity contribution is 5.44. The van der Waals surface area contributed by atoms with Crippen LogP contribution in [0.5, 0.6) is 11.5 Å². The predicted octanol–water partition coefficient (Wildman–Crippen LogP) is 1.33. The number of nitrogens with zero attached hydrogens (tertiary/aromatic N) is 1. The first-order chi connectivity index (χ1) is 7.31. The zero-order valence-corrected chi connectivity index (χ0v) is 8.23. The van der Waals surface area contributed by atoms with Crippen LogP contribution in [0.3, 0.4) is 0 Å². The minimum absolute atomic E-state index is 0.133. The molecule has 0 amide bonds. The van der Waals surface area contributed by atoms with E-state index in [4.69, 9.17) is 10.00 Å². The van der Waals surface area contributed by atoms with Gasteiger partial charge in [-0.3, -0.25) is 0 Å². The van der Waals surface area contributed by atoms with Crippen LogP contribution in [0.25, 0.3) is 0 Å². The lowest BCUT2D eigenvalue weighted by atomic mass is 10.1. The predicted molar refractivity (Wildman–Crippen MR) is 54.6 cm³/mol. The van der Waals surface area contributed by atoms with Crippen molar-refractivity contribution in [2.45, 2.75) is 12.5 Å². The fourth-order valence-electron chi connectivity index (χ4n) is 1.67. The van der Waals surface area contributed by atoms with Gasteiger partial charge in [-0.2, -0.15) is 5.26 Å². The number of phenols is 1. The van der Waals surface area contributed by atoms with E-state index in [-0.39, 0.29) is 11.8 Å². The van der Waals surface area contributed by atoms with Gasteiger partial charge < -0.3 is 15.2 Å². The van der Waals surface area contributed by atoms with Crippen molar-refractivity contribution in [2.75, 3.05) is 13.2 Å². The molecule has 4 nitrogen and oxygen atoms in total. The molecule has 1 aromatic rings. The molecule has 1 aliphatic heterocycles. The Kier molecular flexibility index (Phi) is 2.75. The molecule has 1 aromatic carbocycles. The van der Waals surface area contributed by atoms with Crippen molar-refractivity contribution >= 4 is 0 Å². The van der Waals surface area contributed by atoms with Crippen LogP contribution in [-0.4, -0.2) is 18.3 Å². The minimum Gasteiger partial charge on any atom is -0.508 e. The van der Waals surface area contributed by atoms with Gasteiger partial charge in [-0.25, -0.2) is 0 Å². The zero-order chi connectivity index (χ0) is 10.7. The standard InChI is InChI=1S/C11H12N2O2/c12-4-1-5-13-10-7-15-11-6-8(14)2-3-9(10)11/h2-3,6,10,13-14H,1,5,7H2. The van der Waals surface area contributed by atoms with Gasteiger partial charge in [-0.1, -0.05) is 0 Å². The van der Waals surface area contributed by atoms with Crippen LogP contribution in [0.1, 0.15) is 18.0 Å². The molecule has 4 heteroatoms. The first kappa shape index (κ1) is 9.81. The normalized spacial score (nSPS) is 17.9. The number of rotatable bonds is 3. The number of hydrogen-bond acceptors (Lipinski definition) is 4. The third-order valence-electron chi connectivity index (χ3n) is 2.41. The largest absolute Gasteiger partial charge is 0.508 e. The Hall–Kier alpha value is -1.73. The lowest BCUT2D eigenvalue weighted by Crippen LogP contribution is -2.23. The highest BCUT2D eigenvalue weighted by atomic mass is 16.5. The SMILES string of the molecule is N#CCCNC1COc2cc(O)ccc21. The van der Waals surface area contributed by atoms with Gasteiger partial charge in [0.2, 0.25) is 0 Å². The van der Waals surface area contributed by atoms with E-state index in [9.17, 15) is 5.11 Å². The van der Waals surface area contributed by atoms with E-state index in [1.165, 1.54) is 0 Å². The molecule has 1 aliphatic rings. The first-order valence-corrected chi connectivity index (χ1v) is 4.87. The maximum Gasteiger partial charge on any atom is 0.127 e. The summed E-state index contributed by atoms with van der Waals surface area (Å²) in [5.41, 5.74) is 1.05. The van der Waals surface area contributed by atoms with Crippen LogP contribution in [0.2, 0.25) is 0 Å². The lowest BCUT2D eigenvalue weighted by Gasteiger charge is -2.09. The highest BCUT2D eigenvalue weighted by Gasteiger charge is 2.23. The van der Waals surface area contributed by atoms with Crippen LogP contribution in [0.15, 0.2) is 18.2 Å². The number of aromatic hydroxyl groups is 1. The maximum atomic E-state index is 9.25. The zero-order valence-electron chi connectivity index (χ0n) is 8.23. The van der Waals surface area contributed by atoms with Crippen molar-refractivity contribution in [1.29, 1.82) is 5.26 Å². The van der Waals surface area contributed by atoms with Gasteiger partial charge in [0, 0.05) is 24.6 Å². The number of fused-ring (bicyclic) bond motifs is 1. The summed E-state index contributed by atoms with van der Waals surface area (Å²) < 4.78 is 5.42. The molecule has 0 bridgehead atoms. The van der Waals surface area contributed by atoms with Crippen LogP contribution in [0.4, 0.5) is 0 Å². The van der Waals surface area contributed by atoms with Crippen molar-refractivity contribution < 1.29 is 9.84 Å². The molecular weight excluding hydrogens is 192 g/mol. The molecule has 2 rings (SSSR count). The van der Waals surface area contributed by atoms with E-state index in [1.54, 1.807) is 12.1 Å². The summed E-state index contributed by atoms with van der Waals surface area (Å²) in [7, 11) is 0. The second-order valence-electron chi connectivity index (χ2n) is 3.45. The van der Waals surface area contributed by atoms with E-state index in [0.717, 1.165) is 11.3 Å². The maximum absolute atomic E-state index is 9.25. The summed E-state index contributed by atoms with van der Waals surface area (Å²) in [5.74, 6) is 0.941. The molecule has 0 aliphatic carbocycles. The molecule has 1 atom stereocenters. The summed E-state index contributed by atoms with van der Waals surface area (Å²) in [6.45, 7) is 1.22. The summed E-state index contributed by atoms with van der Waals surface area (Å²) >= 11 is 0. The van der Waals surface area contributed by atoms with Crippen LogP contribution in [0, 0.1) is 11.3 Å². The summed E-state index contributed by atoms with van der Waals surface area (Å²) in [4.78, 5) is 0. The smallest absolute Gasteiger partial charge is 0.127 e. The first-order valence-electron chi connectivity index (χ1n) is 4.87. The Balaban J connectivity index is 2.05. The average molecular weight is 204 g/mol. The monoisotopic (exact) mass is 204 g/mol. The molecule has 78 valence electrons. The van der Waals surface area contributed by atoms with Crippen molar-refractivity contribution in [3.8, 4) is 17.6 Å². The summed E-state index contributed by atoms with van der Waals surface area (Å²) in [6.07, 6.45) is 0.490. The van der Waals surface area contributed by atoms with Crippen molar-refractivity contribution in [1.82, 2.24) is 5.32 Å². The number of phenolic OH excluding ortho intramolecular Hbond substituents is 1. The Morgan fingerprint density at radius 3 is 3.27 bits per heavy atom. The van der Waals surface area contributed by atoms with Crippen molar-refractivity contribution in [2.24, 2.45) is 0 Å². The quantitative estimate of drug-likeness (QED) is 0.729. The molecule has 0 spiro atoms. The second-order valence-corrected chi connectivity index (χ2v) is 3.45. The molecular formula is C11H12N2O2. The third kappa shape index (κ3) is 2.03. The Labute approximate surface area is 88.1 Å². The Morgan fingerprint density at radius 1 is 1.60 bits per heavy atom. The van der Waals surface area contributed by atoms with Gasteiger partial charge >= 0.3 is 0 Å². The van der Waals surface area contributed by atoms with Crippen LogP contribution in [-0.2, 0) is 0 Å². The molecule has 0 radical (unpaired) electrons. The number of nitriles is 1. The molecule has 0 saturated carbocycles. The van der Waals surface area contributed by atoms with Crippen molar-refractivity contribution in [3.63, 3.8) is 0 Å². The number of hydrogen-bond donors (Lipinski definition) is 2. The number of benzene rings is 1.